The maximum atomic E-state index is 14.0. The summed E-state index contributed by atoms with van der Waals surface area (Å²) in [5.74, 6) is -0.747. The number of nitrogens with zero attached hydrogens (tertiary/aromatic N) is 3. The summed E-state index contributed by atoms with van der Waals surface area (Å²) in [6, 6.07) is 23.3. The van der Waals surface area contributed by atoms with Crippen LogP contribution in [0, 0.1) is 5.82 Å². The molecule has 1 aliphatic rings. The summed E-state index contributed by atoms with van der Waals surface area (Å²) in [5, 5.41) is 0.999. The van der Waals surface area contributed by atoms with Crippen molar-refractivity contribution in [2.75, 3.05) is 6.61 Å². The predicted molar refractivity (Wildman–Crippen MR) is 154 cm³/mol. The summed E-state index contributed by atoms with van der Waals surface area (Å²) in [7, 11) is 0. The first-order valence-electron chi connectivity index (χ1n) is 13.0. The Morgan fingerprint density at radius 1 is 1.05 bits per heavy atom. The number of aromatic nitrogens is 2. The van der Waals surface area contributed by atoms with Crippen LogP contribution >= 0.6 is 11.3 Å². The number of allylic oxidation sites excluding steroid dienone is 1. The minimum Gasteiger partial charge on any atom is -0.463 e. The van der Waals surface area contributed by atoms with Crippen molar-refractivity contribution in [1.29, 1.82) is 0 Å². The molecule has 1 atom stereocenters. The van der Waals surface area contributed by atoms with Crippen LogP contribution in [0.4, 0.5) is 4.39 Å². The monoisotopic (exact) mass is 551 g/mol. The number of rotatable bonds is 6. The van der Waals surface area contributed by atoms with E-state index in [-0.39, 0.29) is 18.0 Å². The molecule has 40 heavy (non-hydrogen) atoms. The number of ether oxygens (including phenoxy) is 1. The lowest BCUT2D eigenvalue weighted by molar-refractivity contribution is -0.139. The molecule has 2 aromatic heterocycles. The van der Waals surface area contributed by atoms with E-state index in [2.05, 4.69) is 9.56 Å². The van der Waals surface area contributed by atoms with Crippen LogP contribution in [0.1, 0.15) is 36.6 Å². The highest BCUT2D eigenvalue weighted by atomic mass is 32.1. The highest BCUT2D eigenvalue weighted by molar-refractivity contribution is 7.07. The topological polar surface area (TPSA) is 65.6 Å². The number of carbonyl (C=O) groups is 1. The van der Waals surface area contributed by atoms with Gasteiger partial charge in [-0.15, -0.1) is 0 Å². The highest BCUT2D eigenvalue weighted by Gasteiger charge is 2.33. The molecule has 0 saturated heterocycles. The second-order valence-electron chi connectivity index (χ2n) is 9.57. The smallest absolute Gasteiger partial charge is 0.338 e. The summed E-state index contributed by atoms with van der Waals surface area (Å²) in [6.45, 7) is 4.32. The summed E-state index contributed by atoms with van der Waals surface area (Å²) in [4.78, 5) is 32.2. The number of hydrogen-bond acceptors (Lipinski definition) is 5. The van der Waals surface area contributed by atoms with E-state index in [1.165, 1.54) is 23.5 Å². The SMILES string of the molecule is CCOC(=O)C1=C(C)N=c2s/c(=C/c3cn(Cc4ccc(F)cc4)c4ccccc34)c(=O)n2[C@@H]1c1ccccc1. The number of hydrogen-bond donors (Lipinski definition) is 0. The van der Waals surface area contributed by atoms with E-state index >= 15 is 0 Å². The molecule has 5 aromatic rings. The molecule has 0 aliphatic carbocycles. The first-order chi connectivity index (χ1) is 19.4. The van der Waals surface area contributed by atoms with Gasteiger partial charge in [0.15, 0.2) is 4.80 Å². The van der Waals surface area contributed by atoms with E-state index in [0.29, 0.717) is 27.1 Å². The van der Waals surface area contributed by atoms with Crippen molar-refractivity contribution in [1.82, 2.24) is 9.13 Å². The number of benzene rings is 3. The van der Waals surface area contributed by atoms with Gasteiger partial charge in [-0.2, -0.15) is 0 Å². The Labute approximate surface area is 233 Å². The Morgan fingerprint density at radius 2 is 1.77 bits per heavy atom. The van der Waals surface area contributed by atoms with Crippen LogP contribution in [0.15, 0.2) is 106 Å². The lowest BCUT2D eigenvalue weighted by Gasteiger charge is -2.24. The molecule has 6 rings (SSSR count). The lowest BCUT2D eigenvalue weighted by atomic mass is 9.96. The molecule has 0 saturated carbocycles. The average molecular weight is 552 g/mol. The minimum absolute atomic E-state index is 0.220. The van der Waals surface area contributed by atoms with Gasteiger partial charge in [-0.05, 0) is 49.2 Å². The summed E-state index contributed by atoms with van der Waals surface area (Å²) >= 11 is 1.30. The van der Waals surface area contributed by atoms with Gasteiger partial charge in [0, 0.05) is 29.2 Å². The number of carbonyl (C=O) groups excluding carboxylic acids is 1. The Kier molecular flexibility index (Phi) is 6.77. The minimum atomic E-state index is -0.640. The van der Waals surface area contributed by atoms with Crippen molar-refractivity contribution in [2.45, 2.75) is 26.4 Å². The fraction of sp³-hybridized carbons (Fsp3) is 0.156. The first-order valence-corrected chi connectivity index (χ1v) is 13.8. The zero-order valence-corrected chi connectivity index (χ0v) is 22.8. The second-order valence-corrected chi connectivity index (χ2v) is 10.6. The molecule has 0 radical (unpaired) electrons. The molecule has 0 amide bonds. The lowest BCUT2D eigenvalue weighted by Crippen LogP contribution is -2.39. The van der Waals surface area contributed by atoms with Gasteiger partial charge >= 0.3 is 5.97 Å². The first kappa shape index (κ1) is 25.7. The van der Waals surface area contributed by atoms with Crippen molar-refractivity contribution >= 4 is 34.3 Å². The normalized spacial score (nSPS) is 15.3. The number of para-hydroxylation sites is 1. The third-order valence-corrected chi connectivity index (χ3v) is 7.99. The van der Waals surface area contributed by atoms with Gasteiger partial charge in [-0.3, -0.25) is 9.36 Å². The van der Waals surface area contributed by atoms with E-state index in [9.17, 15) is 14.0 Å². The molecular weight excluding hydrogens is 525 g/mol. The number of thiazole rings is 1. The Balaban J connectivity index is 1.50. The van der Waals surface area contributed by atoms with Crippen LogP contribution < -0.4 is 14.9 Å². The Morgan fingerprint density at radius 3 is 2.52 bits per heavy atom. The molecule has 0 fully saturated rings. The van der Waals surface area contributed by atoms with E-state index in [0.717, 1.165) is 27.6 Å². The molecule has 0 bridgehead atoms. The van der Waals surface area contributed by atoms with E-state index in [4.69, 9.17) is 4.74 Å². The van der Waals surface area contributed by atoms with Crippen molar-refractivity contribution in [2.24, 2.45) is 4.99 Å². The summed E-state index contributed by atoms with van der Waals surface area (Å²) in [5.41, 5.74) is 4.36. The van der Waals surface area contributed by atoms with Gasteiger partial charge in [-0.25, -0.2) is 14.2 Å². The van der Waals surface area contributed by atoms with Gasteiger partial charge < -0.3 is 9.30 Å². The third-order valence-electron chi connectivity index (χ3n) is 7.00. The van der Waals surface area contributed by atoms with E-state index in [1.54, 1.807) is 30.5 Å². The summed E-state index contributed by atoms with van der Waals surface area (Å²) < 4.78 is 23.0. The number of fused-ring (bicyclic) bond motifs is 2. The zero-order valence-electron chi connectivity index (χ0n) is 22.0. The number of esters is 1. The fourth-order valence-electron chi connectivity index (χ4n) is 5.19. The van der Waals surface area contributed by atoms with Crippen LogP contribution in [0.3, 0.4) is 0 Å². The van der Waals surface area contributed by atoms with Gasteiger partial charge in [0.1, 0.15) is 5.82 Å². The van der Waals surface area contributed by atoms with Gasteiger partial charge in [0.25, 0.3) is 5.56 Å². The van der Waals surface area contributed by atoms with Crippen LogP contribution in [-0.2, 0) is 16.1 Å². The van der Waals surface area contributed by atoms with E-state index in [1.807, 2.05) is 66.9 Å². The van der Waals surface area contributed by atoms with Crippen LogP contribution in [0.2, 0.25) is 0 Å². The quantitative estimate of drug-likeness (QED) is 0.281. The summed E-state index contributed by atoms with van der Waals surface area (Å²) in [6.07, 6.45) is 3.90. The fourth-order valence-corrected chi connectivity index (χ4v) is 6.23. The van der Waals surface area contributed by atoms with Crippen molar-refractivity contribution in [3.8, 4) is 0 Å². The van der Waals surface area contributed by atoms with Crippen molar-refractivity contribution in [3.05, 3.63) is 139 Å². The molecule has 0 spiro atoms. The molecule has 0 N–H and O–H groups in total. The second kappa shape index (κ2) is 10.5. The largest absolute Gasteiger partial charge is 0.463 e. The van der Waals surface area contributed by atoms with Crippen molar-refractivity contribution in [3.63, 3.8) is 0 Å². The van der Waals surface area contributed by atoms with Gasteiger partial charge in [0.2, 0.25) is 0 Å². The highest BCUT2D eigenvalue weighted by Crippen LogP contribution is 2.30. The molecule has 3 aromatic carbocycles. The average Bonchev–Trinajstić information content (AvgIpc) is 3.46. The maximum Gasteiger partial charge on any atom is 0.338 e. The van der Waals surface area contributed by atoms with E-state index < -0.39 is 12.0 Å². The standard InChI is InChI=1S/C32H26FN3O3S/c1-3-39-31(38)28-20(2)34-32-36(29(28)22-9-5-4-6-10-22)30(37)27(40-32)17-23-19-35(26-12-8-7-11-25(23)26)18-21-13-15-24(33)16-14-21/h4-17,19,29H,3,18H2,1-2H3/b27-17+/t29-/m1/s1. The van der Waals surface area contributed by atoms with Crippen LogP contribution in [0.25, 0.3) is 17.0 Å². The molecule has 1 aliphatic heterocycles. The maximum absolute atomic E-state index is 14.0. The third kappa shape index (κ3) is 4.60. The molecule has 6 nitrogen and oxygen atoms in total. The predicted octanol–water partition coefficient (Wildman–Crippen LogP) is 4.94. The van der Waals surface area contributed by atoms with Crippen LogP contribution in [0.5, 0.6) is 0 Å². The Bertz CT molecular complexity index is 1950. The molecular formula is C32H26FN3O3S. The van der Waals surface area contributed by atoms with Crippen LogP contribution in [-0.4, -0.2) is 21.7 Å². The molecule has 200 valence electrons. The zero-order chi connectivity index (χ0) is 27.8. The molecule has 8 heteroatoms. The van der Waals surface area contributed by atoms with Crippen molar-refractivity contribution < 1.29 is 13.9 Å². The Hall–Kier alpha value is -4.56. The molecule has 3 heterocycles. The molecule has 0 unspecified atom stereocenters. The van der Waals surface area contributed by atoms with Gasteiger partial charge in [-0.1, -0.05) is 72.0 Å². The van der Waals surface area contributed by atoms with Gasteiger partial charge in [0.05, 0.1) is 28.5 Å². The number of halogens is 1.